The van der Waals surface area contributed by atoms with Crippen molar-refractivity contribution in [1.82, 2.24) is 0 Å². The van der Waals surface area contributed by atoms with Gasteiger partial charge in [0.05, 0.1) is 0 Å². The number of aliphatic carboxylic acids is 1. The highest BCUT2D eigenvalue weighted by Crippen LogP contribution is 2.17. The van der Waals surface area contributed by atoms with Crippen molar-refractivity contribution in [2.75, 3.05) is 0 Å². The molecular formula is C30H52O4. The summed E-state index contributed by atoms with van der Waals surface area (Å²) in [6.07, 6.45) is 31.6. The van der Waals surface area contributed by atoms with Crippen LogP contribution in [-0.4, -0.2) is 23.1 Å². The summed E-state index contributed by atoms with van der Waals surface area (Å²) >= 11 is 0. The number of hydrogen-bond donors (Lipinski definition) is 1. The van der Waals surface area contributed by atoms with Crippen LogP contribution in [0.25, 0.3) is 0 Å². The second-order valence-electron chi connectivity index (χ2n) is 9.20. The van der Waals surface area contributed by atoms with Crippen molar-refractivity contribution in [3.8, 4) is 0 Å². The molecule has 0 aromatic carbocycles. The molecule has 0 rings (SSSR count). The highest BCUT2D eigenvalue weighted by atomic mass is 16.5. The van der Waals surface area contributed by atoms with Crippen molar-refractivity contribution in [3.63, 3.8) is 0 Å². The van der Waals surface area contributed by atoms with Gasteiger partial charge in [-0.1, -0.05) is 88.8 Å². The normalized spacial score (nSPS) is 12.8. The maximum absolute atomic E-state index is 12.3. The molecule has 0 spiro atoms. The summed E-state index contributed by atoms with van der Waals surface area (Å²) < 4.78 is 5.82. The standard InChI is InChI=1S/C30H52O4/c1-3-5-7-9-10-11-12-13-14-15-16-17-23-27-30(33)34-28(24-20-8-6-4-2)25-21-18-19-22-26-29(31)32/h5,7,10-11,13-14,28H,3-4,6,8-9,12,15-27H2,1-2H3,(H,31,32)/b7-5-,11-10-,14-13-. The number of hydrogen-bond acceptors (Lipinski definition) is 3. The highest BCUT2D eigenvalue weighted by Gasteiger charge is 2.14. The molecule has 0 aliphatic rings. The number of carbonyl (C=O) groups excluding carboxylic acids is 1. The van der Waals surface area contributed by atoms with E-state index < -0.39 is 5.97 Å². The minimum Gasteiger partial charge on any atom is -0.481 e. The van der Waals surface area contributed by atoms with Gasteiger partial charge in [0.1, 0.15) is 6.10 Å². The average molecular weight is 477 g/mol. The van der Waals surface area contributed by atoms with Gasteiger partial charge in [-0.3, -0.25) is 9.59 Å². The van der Waals surface area contributed by atoms with Crippen LogP contribution in [0.2, 0.25) is 0 Å². The number of carbonyl (C=O) groups is 2. The van der Waals surface area contributed by atoms with E-state index in [4.69, 9.17) is 9.84 Å². The number of ether oxygens (including phenoxy) is 1. The molecule has 4 heteroatoms. The van der Waals surface area contributed by atoms with E-state index in [1.807, 2.05) is 0 Å². The third kappa shape index (κ3) is 24.8. The predicted octanol–water partition coefficient (Wildman–Crippen LogP) is 9.10. The average Bonchev–Trinajstić information content (AvgIpc) is 2.81. The van der Waals surface area contributed by atoms with Gasteiger partial charge >= 0.3 is 11.9 Å². The molecule has 0 aliphatic heterocycles. The van der Waals surface area contributed by atoms with E-state index in [2.05, 4.69) is 50.3 Å². The molecule has 0 bridgehead atoms. The summed E-state index contributed by atoms with van der Waals surface area (Å²) in [5.74, 6) is -0.772. The first-order valence-electron chi connectivity index (χ1n) is 14.0. The van der Waals surface area contributed by atoms with Crippen LogP contribution >= 0.6 is 0 Å². The molecule has 0 heterocycles. The molecule has 0 amide bonds. The summed E-state index contributed by atoms with van der Waals surface area (Å²) in [6, 6.07) is 0. The van der Waals surface area contributed by atoms with Crippen LogP contribution < -0.4 is 0 Å². The van der Waals surface area contributed by atoms with E-state index in [1.54, 1.807) is 0 Å². The zero-order valence-electron chi connectivity index (χ0n) is 22.1. The SMILES string of the molecule is CC/C=C\C/C=C\C/C=C\CCCCCC(=O)OC(CCCCCC)CCCCCCC(=O)O. The van der Waals surface area contributed by atoms with E-state index in [0.29, 0.717) is 6.42 Å². The molecule has 4 nitrogen and oxygen atoms in total. The molecule has 0 aromatic heterocycles. The molecule has 34 heavy (non-hydrogen) atoms. The molecule has 0 aromatic rings. The first kappa shape index (κ1) is 32.2. The van der Waals surface area contributed by atoms with Crippen LogP contribution in [-0.2, 0) is 14.3 Å². The number of carboxylic acid groups (broad SMARTS) is 1. The molecule has 0 saturated heterocycles. The zero-order chi connectivity index (χ0) is 25.1. The van der Waals surface area contributed by atoms with Gasteiger partial charge in [-0.05, 0) is 70.6 Å². The van der Waals surface area contributed by atoms with E-state index in [1.165, 1.54) is 19.3 Å². The third-order valence-corrected chi connectivity index (χ3v) is 5.88. The number of allylic oxidation sites excluding steroid dienone is 6. The van der Waals surface area contributed by atoms with Crippen LogP contribution in [0, 0.1) is 0 Å². The summed E-state index contributed by atoms with van der Waals surface area (Å²) in [7, 11) is 0. The topological polar surface area (TPSA) is 63.6 Å². The smallest absolute Gasteiger partial charge is 0.306 e. The third-order valence-electron chi connectivity index (χ3n) is 5.88. The minimum atomic E-state index is -0.720. The summed E-state index contributed by atoms with van der Waals surface area (Å²) in [5, 5.41) is 8.73. The van der Waals surface area contributed by atoms with E-state index in [-0.39, 0.29) is 18.5 Å². The van der Waals surface area contributed by atoms with Crippen LogP contribution in [0.1, 0.15) is 136 Å². The predicted molar refractivity (Wildman–Crippen MR) is 144 cm³/mol. The first-order valence-corrected chi connectivity index (χ1v) is 14.0. The number of unbranched alkanes of at least 4 members (excludes halogenated alkanes) is 9. The molecule has 196 valence electrons. The van der Waals surface area contributed by atoms with Crippen LogP contribution in [0.4, 0.5) is 0 Å². The Morgan fingerprint density at radius 2 is 1.24 bits per heavy atom. The minimum absolute atomic E-state index is 0.0253. The Hall–Kier alpha value is -1.84. The quantitative estimate of drug-likeness (QED) is 0.0857. The van der Waals surface area contributed by atoms with Gasteiger partial charge in [0, 0.05) is 12.8 Å². The lowest BCUT2D eigenvalue weighted by Crippen LogP contribution is -2.18. The van der Waals surface area contributed by atoms with Crippen molar-refractivity contribution in [1.29, 1.82) is 0 Å². The molecular weight excluding hydrogens is 424 g/mol. The van der Waals surface area contributed by atoms with Crippen molar-refractivity contribution in [2.24, 2.45) is 0 Å². The van der Waals surface area contributed by atoms with Crippen LogP contribution in [0.3, 0.4) is 0 Å². The monoisotopic (exact) mass is 476 g/mol. The van der Waals surface area contributed by atoms with Crippen molar-refractivity contribution in [2.45, 2.75) is 142 Å². The van der Waals surface area contributed by atoms with Gasteiger partial charge < -0.3 is 9.84 Å². The van der Waals surface area contributed by atoms with Crippen LogP contribution in [0.5, 0.6) is 0 Å². The largest absolute Gasteiger partial charge is 0.481 e. The maximum Gasteiger partial charge on any atom is 0.306 e. The Balaban J connectivity index is 3.96. The van der Waals surface area contributed by atoms with Crippen molar-refractivity contribution >= 4 is 11.9 Å². The van der Waals surface area contributed by atoms with E-state index in [9.17, 15) is 9.59 Å². The zero-order valence-corrected chi connectivity index (χ0v) is 22.1. The van der Waals surface area contributed by atoms with Gasteiger partial charge in [0.15, 0.2) is 0 Å². The second-order valence-corrected chi connectivity index (χ2v) is 9.20. The molecule has 1 atom stereocenters. The molecule has 0 saturated carbocycles. The molecule has 1 N–H and O–H groups in total. The Kier molecular flexibility index (Phi) is 24.4. The molecule has 0 radical (unpaired) electrons. The lowest BCUT2D eigenvalue weighted by Gasteiger charge is -2.18. The highest BCUT2D eigenvalue weighted by molar-refractivity contribution is 5.69. The lowest BCUT2D eigenvalue weighted by molar-refractivity contribution is -0.150. The Labute approximate surface area is 209 Å². The fraction of sp³-hybridized carbons (Fsp3) is 0.733. The van der Waals surface area contributed by atoms with Crippen LogP contribution in [0.15, 0.2) is 36.5 Å². The van der Waals surface area contributed by atoms with Gasteiger partial charge in [-0.15, -0.1) is 0 Å². The number of rotatable bonds is 24. The van der Waals surface area contributed by atoms with Gasteiger partial charge in [-0.2, -0.15) is 0 Å². The summed E-state index contributed by atoms with van der Waals surface area (Å²) in [4.78, 5) is 22.9. The molecule has 1 unspecified atom stereocenters. The summed E-state index contributed by atoms with van der Waals surface area (Å²) in [6.45, 7) is 4.35. The first-order chi connectivity index (χ1) is 16.6. The lowest BCUT2D eigenvalue weighted by atomic mass is 10.0. The molecule has 0 fully saturated rings. The Morgan fingerprint density at radius 1 is 0.676 bits per heavy atom. The molecule has 0 aliphatic carbocycles. The summed E-state index contributed by atoms with van der Waals surface area (Å²) in [5.41, 5.74) is 0. The van der Waals surface area contributed by atoms with Gasteiger partial charge in [-0.25, -0.2) is 0 Å². The maximum atomic E-state index is 12.3. The number of esters is 1. The fourth-order valence-electron chi connectivity index (χ4n) is 3.84. The van der Waals surface area contributed by atoms with Gasteiger partial charge in [0.2, 0.25) is 0 Å². The van der Waals surface area contributed by atoms with E-state index >= 15 is 0 Å². The Morgan fingerprint density at radius 3 is 1.88 bits per heavy atom. The van der Waals surface area contributed by atoms with Crippen molar-refractivity contribution in [3.05, 3.63) is 36.5 Å². The van der Waals surface area contributed by atoms with Gasteiger partial charge in [0.25, 0.3) is 0 Å². The Bertz CT molecular complexity index is 562. The van der Waals surface area contributed by atoms with Crippen molar-refractivity contribution < 1.29 is 19.4 Å². The fourth-order valence-corrected chi connectivity index (χ4v) is 3.84. The van der Waals surface area contributed by atoms with E-state index in [0.717, 1.165) is 89.9 Å². The second kappa shape index (κ2) is 25.8. The number of carboxylic acids is 1.